The number of unbranched alkanes of at least 4 members (excludes halogenated alkanes) is 1. The lowest BCUT2D eigenvalue weighted by molar-refractivity contribution is -0.119. The molecular formula is C16H21NO3. The maximum absolute atomic E-state index is 11.3. The van der Waals surface area contributed by atoms with Gasteiger partial charge < -0.3 is 9.94 Å². The fraction of sp³-hybridized carbons (Fsp3) is 0.500. The molecule has 0 saturated carbocycles. The molecule has 0 fully saturated rings. The van der Waals surface area contributed by atoms with Crippen LogP contribution in [0, 0.1) is 5.92 Å². The summed E-state index contributed by atoms with van der Waals surface area (Å²) in [7, 11) is 0. The third-order valence-corrected chi connectivity index (χ3v) is 3.61. The quantitative estimate of drug-likeness (QED) is 0.866. The first-order valence-corrected chi connectivity index (χ1v) is 7.14. The third-order valence-electron chi connectivity index (χ3n) is 3.61. The van der Waals surface area contributed by atoms with Crippen LogP contribution in [-0.4, -0.2) is 22.7 Å². The molecule has 1 aliphatic rings. The molecule has 20 heavy (non-hydrogen) atoms. The second-order valence-electron chi connectivity index (χ2n) is 5.32. The molecule has 2 rings (SSSR count). The third kappa shape index (κ3) is 3.38. The first-order valence-electron chi connectivity index (χ1n) is 7.14. The van der Waals surface area contributed by atoms with Crippen LogP contribution in [0.3, 0.4) is 0 Å². The molecule has 1 aromatic carbocycles. The lowest BCUT2D eigenvalue weighted by Crippen LogP contribution is -2.26. The molecule has 2 atom stereocenters. The van der Waals surface area contributed by atoms with Crippen molar-refractivity contribution in [2.24, 2.45) is 11.1 Å². The van der Waals surface area contributed by atoms with E-state index in [-0.39, 0.29) is 23.6 Å². The molecule has 1 aromatic rings. The van der Waals surface area contributed by atoms with E-state index < -0.39 is 0 Å². The molecule has 0 aliphatic carbocycles. The van der Waals surface area contributed by atoms with Crippen LogP contribution in [0.4, 0.5) is 0 Å². The summed E-state index contributed by atoms with van der Waals surface area (Å²) in [6, 6.07) is 6.97. The van der Waals surface area contributed by atoms with E-state index in [4.69, 9.17) is 4.84 Å². The molecule has 108 valence electrons. The molecule has 4 nitrogen and oxygen atoms in total. The first-order chi connectivity index (χ1) is 9.61. The Morgan fingerprint density at radius 3 is 2.65 bits per heavy atom. The topological polar surface area (TPSA) is 58.9 Å². The zero-order valence-corrected chi connectivity index (χ0v) is 12.0. The molecule has 1 N–H and O–H groups in total. The van der Waals surface area contributed by atoms with Gasteiger partial charge in [-0.1, -0.05) is 24.9 Å². The summed E-state index contributed by atoms with van der Waals surface area (Å²) < 4.78 is 0. The van der Waals surface area contributed by atoms with Gasteiger partial charge in [-0.15, -0.1) is 0 Å². The predicted molar refractivity (Wildman–Crippen MR) is 77.8 cm³/mol. The lowest BCUT2D eigenvalue weighted by Gasteiger charge is -2.17. The van der Waals surface area contributed by atoms with Gasteiger partial charge in [0.25, 0.3) is 0 Å². The van der Waals surface area contributed by atoms with Crippen molar-refractivity contribution >= 4 is 11.5 Å². The second kappa shape index (κ2) is 6.55. The Balaban J connectivity index is 2.17. The Kier molecular flexibility index (Phi) is 4.77. The highest BCUT2D eigenvalue weighted by molar-refractivity contribution is 6.03. The van der Waals surface area contributed by atoms with Gasteiger partial charge in [0, 0.05) is 12.3 Å². The van der Waals surface area contributed by atoms with E-state index >= 15 is 0 Å². The predicted octanol–water partition coefficient (Wildman–Crippen LogP) is 3.28. The van der Waals surface area contributed by atoms with E-state index in [2.05, 4.69) is 12.1 Å². The SMILES string of the molecule is CCCCC1C(c2ccc(O)cc2)=NOC1CC(C)=O. The van der Waals surface area contributed by atoms with Crippen molar-refractivity contribution in [1.29, 1.82) is 0 Å². The molecule has 0 radical (unpaired) electrons. The van der Waals surface area contributed by atoms with Crippen LogP contribution in [0.2, 0.25) is 0 Å². The monoisotopic (exact) mass is 275 g/mol. The van der Waals surface area contributed by atoms with Crippen molar-refractivity contribution in [3.63, 3.8) is 0 Å². The number of phenolic OH excluding ortho intramolecular Hbond substituents is 1. The highest BCUT2D eigenvalue weighted by Gasteiger charge is 2.35. The van der Waals surface area contributed by atoms with Crippen molar-refractivity contribution in [1.82, 2.24) is 0 Å². The van der Waals surface area contributed by atoms with E-state index in [0.717, 1.165) is 30.5 Å². The zero-order chi connectivity index (χ0) is 14.5. The molecule has 0 spiro atoms. The molecule has 2 unspecified atom stereocenters. The number of hydrogen-bond donors (Lipinski definition) is 1. The Bertz CT molecular complexity index is 493. The van der Waals surface area contributed by atoms with Crippen molar-refractivity contribution in [3.05, 3.63) is 29.8 Å². The van der Waals surface area contributed by atoms with Gasteiger partial charge in [0.05, 0.1) is 5.71 Å². The Morgan fingerprint density at radius 1 is 1.35 bits per heavy atom. The van der Waals surface area contributed by atoms with Gasteiger partial charge in [-0.05, 0) is 43.2 Å². The van der Waals surface area contributed by atoms with Crippen LogP contribution in [-0.2, 0) is 9.63 Å². The fourth-order valence-electron chi connectivity index (χ4n) is 2.55. The van der Waals surface area contributed by atoms with Crippen molar-refractivity contribution in [3.8, 4) is 5.75 Å². The van der Waals surface area contributed by atoms with Gasteiger partial charge in [0.1, 0.15) is 17.6 Å². The maximum atomic E-state index is 11.3. The van der Waals surface area contributed by atoms with E-state index in [0.29, 0.717) is 6.42 Å². The molecular weight excluding hydrogens is 254 g/mol. The van der Waals surface area contributed by atoms with Crippen LogP contribution in [0.5, 0.6) is 5.75 Å². The van der Waals surface area contributed by atoms with Crippen molar-refractivity contribution < 1.29 is 14.7 Å². The zero-order valence-electron chi connectivity index (χ0n) is 12.0. The summed E-state index contributed by atoms with van der Waals surface area (Å²) in [6.07, 6.45) is 3.40. The summed E-state index contributed by atoms with van der Waals surface area (Å²) in [5.74, 6) is 0.515. The van der Waals surface area contributed by atoms with Gasteiger partial charge in [-0.25, -0.2) is 0 Å². The summed E-state index contributed by atoms with van der Waals surface area (Å²) in [5.41, 5.74) is 1.85. The van der Waals surface area contributed by atoms with Gasteiger partial charge in [0.15, 0.2) is 0 Å². The molecule has 0 amide bonds. The number of nitrogens with zero attached hydrogens (tertiary/aromatic N) is 1. The van der Waals surface area contributed by atoms with Crippen molar-refractivity contribution in [2.75, 3.05) is 0 Å². The summed E-state index contributed by atoms with van der Waals surface area (Å²) in [5, 5.41) is 13.5. The number of aromatic hydroxyl groups is 1. The number of benzene rings is 1. The van der Waals surface area contributed by atoms with Gasteiger partial charge in [0.2, 0.25) is 0 Å². The van der Waals surface area contributed by atoms with Crippen LogP contribution in [0.15, 0.2) is 29.4 Å². The number of ketones is 1. The molecule has 0 saturated heterocycles. The van der Waals surface area contributed by atoms with E-state index in [1.807, 2.05) is 12.1 Å². The Hall–Kier alpha value is -1.84. The number of oxime groups is 1. The normalized spacial score (nSPS) is 21.4. The van der Waals surface area contributed by atoms with Crippen LogP contribution in [0.1, 0.15) is 45.1 Å². The first kappa shape index (κ1) is 14.6. The number of Topliss-reactive ketones (excluding diaryl/α,β-unsaturated/α-hetero) is 1. The van der Waals surface area contributed by atoms with Gasteiger partial charge >= 0.3 is 0 Å². The number of rotatable bonds is 6. The summed E-state index contributed by atoms with van der Waals surface area (Å²) in [6.45, 7) is 3.73. The smallest absolute Gasteiger partial charge is 0.142 e. The van der Waals surface area contributed by atoms with Gasteiger partial charge in [-0.3, -0.25) is 4.79 Å². The van der Waals surface area contributed by atoms with Crippen LogP contribution in [0.25, 0.3) is 0 Å². The minimum atomic E-state index is -0.150. The van der Waals surface area contributed by atoms with Crippen LogP contribution < -0.4 is 0 Å². The van der Waals surface area contributed by atoms with E-state index in [9.17, 15) is 9.90 Å². The average Bonchev–Trinajstić information content (AvgIpc) is 2.79. The minimum absolute atomic E-state index is 0.124. The van der Waals surface area contributed by atoms with Crippen LogP contribution >= 0.6 is 0 Å². The fourth-order valence-corrected chi connectivity index (χ4v) is 2.55. The number of carbonyl (C=O) groups is 1. The molecule has 1 aliphatic heterocycles. The van der Waals surface area contributed by atoms with E-state index in [1.165, 1.54) is 0 Å². The number of hydrogen-bond acceptors (Lipinski definition) is 4. The van der Waals surface area contributed by atoms with E-state index in [1.54, 1.807) is 19.1 Å². The van der Waals surface area contributed by atoms with Crippen molar-refractivity contribution in [2.45, 2.75) is 45.6 Å². The van der Waals surface area contributed by atoms with Gasteiger partial charge in [-0.2, -0.15) is 0 Å². The highest BCUT2D eigenvalue weighted by Crippen LogP contribution is 2.30. The highest BCUT2D eigenvalue weighted by atomic mass is 16.6. The minimum Gasteiger partial charge on any atom is -0.508 e. The Labute approximate surface area is 119 Å². The number of phenols is 1. The average molecular weight is 275 g/mol. The lowest BCUT2D eigenvalue weighted by atomic mass is 9.86. The summed E-state index contributed by atoms with van der Waals surface area (Å²) >= 11 is 0. The molecule has 0 aromatic heterocycles. The Morgan fingerprint density at radius 2 is 2.05 bits per heavy atom. The maximum Gasteiger partial charge on any atom is 0.142 e. The largest absolute Gasteiger partial charge is 0.508 e. The second-order valence-corrected chi connectivity index (χ2v) is 5.32. The summed E-state index contributed by atoms with van der Waals surface area (Å²) in [4.78, 5) is 16.8. The standard InChI is InChI=1S/C16H21NO3/c1-3-4-5-14-15(10-11(2)18)20-17-16(14)12-6-8-13(19)9-7-12/h6-9,14-15,19H,3-5,10H2,1-2H3. The molecule has 0 bridgehead atoms. The molecule has 4 heteroatoms. The molecule has 1 heterocycles. The number of carbonyl (C=O) groups excluding carboxylic acids is 1.